The number of nitrogens with two attached hydrogens (primary N) is 1. The van der Waals surface area contributed by atoms with Crippen LogP contribution in [0.2, 0.25) is 0 Å². The molecular formula is C11H14ClN3O2. The Morgan fingerprint density at radius 3 is 2.71 bits per heavy atom. The summed E-state index contributed by atoms with van der Waals surface area (Å²) in [6.07, 6.45) is 5.67. The molecule has 2 aromatic heterocycles. The molecule has 5 nitrogen and oxygen atoms in total. The van der Waals surface area contributed by atoms with Gasteiger partial charge in [-0.05, 0) is 25.0 Å². The molecule has 1 aliphatic rings. The van der Waals surface area contributed by atoms with Gasteiger partial charge in [-0.2, -0.15) is 4.98 Å². The molecule has 6 heteroatoms. The Balaban J connectivity index is 0.00000108. The number of nitrogens with zero attached hydrogens (tertiary/aromatic N) is 2. The second-order valence-corrected chi connectivity index (χ2v) is 4.26. The standard InChI is InChI=1S/C11H13N3O2.ClH/c12-11(5-1-2-6-11)10-13-9(16-14-10)8-4-3-7-15-8;/h3-4,7H,1-2,5-6,12H2;1H. The molecule has 1 fully saturated rings. The molecule has 17 heavy (non-hydrogen) atoms. The van der Waals surface area contributed by atoms with Gasteiger partial charge in [0.15, 0.2) is 11.6 Å². The van der Waals surface area contributed by atoms with Gasteiger partial charge in [-0.15, -0.1) is 12.4 Å². The number of furan rings is 1. The van der Waals surface area contributed by atoms with Crippen LogP contribution in [0, 0.1) is 0 Å². The van der Waals surface area contributed by atoms with E-state index in [0.29, 0.717) is 17.5 Å². The molecule has 0 spiro atoms. The fraction of sp³-hybridized carbons (Fsp3) is 0.455. The van der Waals surface area contributed by atoms with Crippen molar-refractivity contribution in [3.63, 3.8) is 0 Å². The molecule has 3 rings (SSSR count). The monoisotopic (exact) mass is 255 g/mol. The molecule has 92 valence electrons. The summed E-state index contributed by atoms with van der Waals surface area (Å²) in [5.41, 5.74) is 5.82. The lowest BCUT2D eigenvalue weighted by Crippen LogP contribution is -2.34. The molecule has 0 radical (unpaired) electrons. The van der Waals surface area contributed by atoms with E-state index in [1.807, 2.05) is 0 Å². The maximum atomic E-state index is 6.23. The van der Waals surface area contributed by atoms with Gasteiger partial charge in [0.05, 0.1) is 11.8 Å². The van der Waals surface area contributed by atoms with Crippen LogP contribution in [0.25, 0.3) is 11.7 Å². The van der Waals surface area contributed by atoms with Gasteiger partial charge in [-0.1, -0.05) is 18.0 Å². The Bertz CT molecular complexity index is 475. The van der Waals surface area contributed by atoms with Gasteiger partial charge >= 0.3 is 0 Å². The highest BCUT2D eigenvalue weighted by Crippen LogP contribution is 2.35. The van der Waals surface area contributed by atoms with Crippen LogP contribution in [0.3, 0.4) is 0 Å². The zero-order valence-electron chi connectivity index (χ0n) is 9.26. The second kappa shape index (κ2) is 4.50. The maximum absolute atomic E-state index is 6.23. The molecule has 0 aliphatic heterocycles. The fourth-order valence-electron chi connectivity index (χ4n) is 2.16. The van der Waals surface area contributed by atoms with E-state index < -0.39 is 5.54 Å². The minimum Gasteiger partial charge on any atom is -0.459 e. The normalized spacial score (nSPS) is 17.9. The van der Waals surface area contributed by atoms with E-state index in [1.54, 1.807) is 18.4 Å². The minimum atomic E-state index is -0.408. The average molecular weight is 256 g/mol. The minimum absolute atomic E-state index is 0. The Morgan fingerprint density at radius 2 is 2.06 bits per heavy atom. The first kappa shape index (κ1) is 12.1. The van der Waals surface area contributed by atoms with E-state index in [1.165, 1.54) is 0 Å². The number of rotatable bonds is 2. The number of halogens is 1. The Morgan fingerprint density at radius 1 is 1.29 bits per heavy atom. The lowest BCUT2D eigenvalue weighted by atomic mass is 9.99. The highest BCUT2D eigenvalue weighted by Gasteiger charge is 2.36. The summed E-state index contributed by atoms with van der Waals surface area (Å²) in [6, 6.07) is 3.57. The van der Waals surface area contributed by atoms with Crippen molar-refractivity contribution < 1.29 is 8.94 Å². The van der Waals surface area contributed by atoms with Gasteiger partial charge in [0.25, 0.3) is 5.89 Å². The van der Waals surface area contributed by atoms with Crippen LogP contribution in [0.1, 0.15) is 31.5 Å². The molecule has 2 N–H and O–H groups in total. The lowest BCUT2D eigenvalue weighted by Gasteiger charge is -2.17. The quantitative estimate of drug-likeness (QED) is 0.892. The predicted molar refractivity (Wildman–Crippen MR) is 63.6 cm³/mol. The number of hydrogen-bond acceptors (Lipinski definition) is 5. The molecule has 2 heterocycles. The molecule has 0 aromatic carbocycles. The summed E-state index contributed by atoms with van der Waals surface area (Å²) < 4.78 is 10.3. The molecule has 0 saturated heterocycles. The average Bonchev–Trinajstić information content (AvgIpc) is 2.98. The molecule has 0 bridgehead atoms. The molecule has 0 amide bonds. The third-order valence-electron chi connectivity index (χ3n) is 3.10. The van der Waals surface area contributed by atoms with Crippen LogP contribution in [0.5, 0.6) is 0 Å². The first-order valence-electron chi connectivity index (χ1n) is 5.45. The fourth-order valence-corrected chi connectivity index (χ4v) is 2.16. The van der Waals surface area contributed by atoms with Crippen molar-refractivity contribution >= 4 is 12.4 Å². The molecule has 0 atom stereocenters. The summed E-state index contributed by atoms with van der Waals surface area (Å²) >= 11 is 0. The van der Waals surface area contributed by atoms with Crippen molar-refractivity contribution in [2.45, 2.75) is 31.2 Å². The van der Waals surface area contributed by atoms with E-state index in [9.17, 15) is 0 Å². The van der Waals surface area contributed by atoms with Crippen molar-refractivity contribution in [1.29, 1.82) is 0 Å². The van der Waals surface area contributed by atoms with Crippen LogP contribution < -0.4 is 5.73 Å². The predicted octanol–water partition coefficient (Wildman–Crippen LogP) is 2.48. The van der Waals surface area contributed by atoms with Crippen LogP contribution >= 0.6 is 12.4 Å². The van der Waals surface area contributed by atoms with Gasteiger partial charge in [-0.3, -0.25) is 0 Å². The second-order valence-electron chi connectivity index (χ2n) is 4.26. The van der Waals surface area contributed by atoms with Crippen LogP contribution in [-0.2, 0) is 5.54 Å². The number of hydrogen-bond donors (Lipinski definition) is 1. The largest absolute Gasteiger partial charge is 0.459 e. The third kappa shape index (κ3) is 2.08. The summed E-state index contributed by atoms with van der Waals surface area (Å²) in [4.78, 5) is 4.31. The van der Waals surface area contributed by atoms with Crippen LogP contribution in [0.4, 0.5) is 0 Å². The lowest BCUT2D eigenvalue weighted by molar-refractivity contribution is 0.368. The third-order valence-corrected chi connectivity index (χ3v) is 3.10. The first-order valence-corrected chi connectivity index (χ1v) is 5.45. The van der Waals surface area contributed by atoms with E-state index in [4.69, 9.17) is 14.7 Å². The van der Waals surface area contributed by atoms with Gasteiger partial charge in [0.2, 0.25) is 0 Å². The van der Waals surface area contributed by atoms with Crippen molar-refractivity contribution in [2.24, 2.45) is 5.73 Å². The highest BCUT2D eigenvalue weighted by atomic mass is 35.5. The summed E-state index contributed by atoms with van der Waals surface area (Å²) in [5.74, 6) is 1.58. The molecule has 0 unspecified atom stereocenters. The van der Waals surface area contributed by atoms with E-state index >= 15 is 0 Å². The van der Waals surface area contributed by atoms with Gasteiger partial charge in [0, 0.05) is 0 Å². The van der Waals surface area contributed by atoms with Gasteiger partial charge in [0.1, 0.15) is 0 Å². The zero-order valence-corrected chi connectivity index (χ0v) is 10.1. The number of aromatic nitrogens is 2. The summed E-state index contributed by atoms with van der Waals surface area (Å²) in [7, 11) is 0. The summed E-state index contributed by atoms with van der Waals surface area (Å²) in [5, 5.41) is 3.95. The van der Waals surface area contributed by atoms with E-state index in [0.717, 1.165) is 25.7 Å². The topological polar surface area (TPSA) is 78.1 Å². The Kier molecular flexibility index (Phi) is 3.22. The summed E-state index contributed by atoms with van der Waals surface area (Å²) in [6.45, 7) is 0. The molecular weight excluding hydrogens is 242 g/mol. The van der Waals surface area contributed by atoms with Crippen molar-refractivity contribution in [3.8, 4) is 11.7 Å². The molecule has 1 aliphatic carbocycles. The highest BCUT2D eigenvalue weighted by molar-refractivity contribution is 5.85. The smallest absolute Gasteiger partial charge is 0.293 e. The molecule has 2 aromatic rings. The first-order chi connectivity index (χ1) is 7.78. The zero-order chi connectivity index (χ0) is 11.0. The Labute approximate surface area is 105 Å². The SMILES string of the molecule is Cl.NC1(c2noc(-c3ccco3)n2)CCCC1. The van der Waals surface area contributed by atoms with Crippen molar-refractivity contribution in [3.05, 3.63) is 24.2 Å². The van der Waals surface area contributed by atoms with Crippen LogP contribution in [-0.4, -0.2) is 10.1 Å². The Hall–Kier alpha value is -1.33. The van der Waals surface area contributed by atoms with Gasteiger partial charge in [-0.25, -0.2) is 0 Å². The van der Waals surface area contributed by atoms with E-state index in [2.05, 4.69) is 10.1 Å². The van der Waals surface area contributed by atoms with Crippen molar-refractivity contribution in [1.82, 2.24) is 10.1 Å². The van der Waals surface area contributed by atoms with Crippen molar-refractivity contribution in [2.75, 3.05) is 0 Å². The van der Waals surface area contributed by atoms with Gasteiger partial charge < -0.3 is 14.7 Å². The molecule has 1 saturated carbocycles. The van der Waals surface area contributed by atoms with E-state index in [-0.39, 0.29) is 12.4 Å². The van der Waals surface area contributed by atoms with Crippen LogP contribution in [0.15, 0.2) is 27.3 Å². The maximum Gasteiger partial charge on any atom is 0.293 e.